The molecule has 1 saturated carbocycles. The van der Waals surface area contributed by atoms with Gasteiger partial charge in [0.2, 0.25) is 5.89 Å². The highest BCUT2D eigenvalue weighted by atomic mass is 16.5. The number of hydrogen-bond donors (Lipinski definition) is 1. The van der Waals surface area contributed by atoms with Gasteiger partial charge in [0.15, 0.2) is 5.82 Å². The molecule has 2 unspecified atom stereocenters. The number of methoxy groups -OCH3 is 1. The molecule has 1 aromatic heterocycles. The summed E-state index contributed by atoms with van der Waals surface area (Å²) in [7, 11) is 1.66. The minimum Gasteiger partial charge on any atom is -0.497 e. The molecular formula is C15H19N3O2. The normalized spacial score (nSPS) is 22.1. The summed E-state index contributed by atoms with van der Waals surface area (Å²) in [5.74, 6) is 2.65. The number of ether oxygens (including phenoxy) is 1. The highest BCUT2D eigenvalue weighted by Gasteiger charge is 2.27. The van der Waals surface area contributed by atoms with E-state index in [9.17, 15) is 0 Å². The second-order valence-electron chi connectivity index (χ2n) is 5.34. The Morgan fingerprint density at radius 3 is 2.75 bits per heavy atom. The van der Waals surface area contributed by atoms with Crippen LogP contribution in [-0.4, -0.2) is 23.3 Å². The third kappa shape index (κ3) is 2.82. The van der Waals surface area contributed by atoms with Crippen LogP contribution in [0.1, 0.15) is 42.5 Å². The van der Waals surface area contributed by atoms with Gasteiger partial charge in [0.05, 0.1) is 7.11 Å². The third-order valence-corrected chi connectivity index (χ3v) is 3.83. The molecule has 1 aliphatic rings. The summed E-state index contributed by atoms with van der Waals surface area (Å²) in [6.07, 6.45) is 3.71. The van der Waals surface area contributed by atoms with Crippen molar-refractivity contribution < 1.29 is 9.26 Å². The van der Waals surface area contributed by atoms with Gasteiger partial charge in [-0.05, 0) is 37.0 Å². The van der Waals surface area contributed by atoms with Gasteiger partial charge in [-0.15, -0.1) is 0 Å². The van der Waals surface area contributed by atoms with E-state index in [0.717, 1.165) is 42.3 Å². The van der Waals surface area contributed by atoms with Gasteiger partial charge in [-0.25, -0.2) is 0 Å². The van der Waals surface area contributed by atoms with Gasteiger partial charge in [-0.3, -0.25) is 0 Å². The fraction of sp³-hybridized carbons (Fsp3) is 0.467. The molecule has 1 fully saturated rings. The Kier molecular flexibility index (Phi) is 3.69. The van der Waals surface area contributed by atoms with E-state index in [1.165, 1.54) is 0 Å². The van der Waals surface area contributed by atoms with Crippen molar-refractivity contribution in [3.8, 4) is 5.75 Å². The van der Waals surface area contributed by atoms with Crippen LogP contribution in [0.25, 0.3) is 0 Å². The molecular weight excluding hydrogens is 254 g/mol. The Morgan fingerprint density at radius 1 is 1.30 bits per heavy atom. The van der Waals surface area contributed by atoms with E-state index < -0.39 is 0 Å². The van der Waals surface area contributed by atoms with Gasteiger partial charge in [-0.1, -0.05) is 17.3 Å². The fourth-order valence-corrected chi connectivity index (χ4v) is 2.67. The second-order valence-corrected chi connectivity index (χ2v) is 5.34. The van der Waals surface area contributed by atoms with E-state index in [4.69, 9.17) is 15.0 Å². The quantitative estimate of drug-likeness (QED) is 0.925. The molecule has 20 heavy (non-hydrogen) atoms. The number of benzene rings is 1. The van der Waals surface area contributed by atoms with Crippen LogP contribution in [0.15, 0.2) is 28.8 Å². The maximum atomic E-state index is 5.92. The zero-order valence-electron chi connectivity index (χ0n) is 11.6. The van der Waals surface area contributed by atoms with Crippen molar-refractivity contribution in [3.05, 3.63) is 41.5 Å². The molecule has 5 heteroatoms. The monoisotopic (exact) mass is 273 g/mol. The molecule has 0 spiro atoms. The van der Waals surface area contributed by atoms with E-state index in [1.807, 2.05) is 24.3 Å². The van der Waals surface area contributed by atoms with E-state index in [-0.39, 0.29) is 6.04 Å². The SMILES string of the molecule is COc1ccc(Cc2noc(C3CCC(N)C3)n2)cc1. The highest BCUT2D eigenvalue weighted by Crippen LogP contribution is 2.32. The minimum atomic E-state index is 0.275. The third-order valence-electron chi connectivity index (χ3n) is 3.83. The fourth-order valence-electron chi connectivity index (χ4n) is 2.67. The van der Waals surface area contributed by atoms with Gasteiger partial charge < -0.3 is 15.0 Å². The van der Waals surface area contributed by atoms with E-state index in [0.29, 0.717) is 12.3 Å². The van der Waals surface area contributed by atoms with E-state index in [2.05, 4.69) is 10.1 Å². The zero-order valence-corrected chi connectivity index (χ0v) is 11.6. The molecule has 2 N–H and O–H groups in total. The molecule has 1 heterocycles. The first-order chi connectivity index (χ1) is 9.74. The van der Waals surface area contributed by atoms with Crippen molar-refractivity contribution in [2.75, 3.05) is 7.11 Å². The first-order valence-electron chi connectivity index (χ1n) is 6.95. The molecule has 0 amide bonds. The smallest absolute Gasteiger partial charge is 0.229 e. The van der Waals surface area contributed by atoms with Crippen molar-refractivity contribution in [1.82, 2.24) is 10.1 Å². The lowest BCUT2D eigenvalue weighted by Gasteiger charge is -2.02. The lowest BCUT2D eigenvalue weighted by Crippen LogP contribution is -2.14. The van der Waals surface area contributed by atoms with Crippen LogP contribution >= 0.6 is 0 Å². The van der Waals surface area contributed by atoms with Crippen molar-refractivity contribution >= 4 is 0 Å². The van der Waals surface area contributed by atoms with Crippen LogP contribution in [0.5, 0.6) is 5.75 Å². The van der Waals surface area contributed by atoms with Crippen molar-refractivity contribution in [2.45, 2.75) is 37.6 Å². The Morgan fingerprint density at radius 2 is 2.10 bits per heavy atom. The topological polar surface area (TPSA) is 74.2 Å². The summed E-state index contributed by atoms with van der Waals surface area (Å²) in [5, 5.41) is 4.07. The molecule has 2 aromatic rings. The van der Waals surface area contributed by atoms with Crippen LogP contribution in [-0.2, 0) is 6.42 Å². The molecule has 3 rings (SSSR count). The Balaban J connectivity index is 1.67. The second kappa shape index (κ2) is 5.63. The molecule has 0 bridgehead atoms. The molecule has 0 radical (unpaired) electrons. The first-order valence-corrected chi connectivity index (χ1v) is 6.95. The average molecular weight is 273 g/mol. The van der Waals surface area contributed by atoms with E-state index in [1.54, 1.807) is 7.11 Å². The molecule has 5 nitrogen and oxygen atoms in total. The van der Waals surface area contributed by atoms with Crippen molar-refractivity contribution in [2.24, 2.45) is 5.73 Å². The summed E-state index contributed by atoms with van der Waals surface area (Å²) in [4.78, 5) is 4.50. The Bertz CT molecular complexity index is 565. The number of rotatable bonds is 4. The number of nitrogens with two attached hydrogens (primary N) is 1. The van der Waals surface area contributed by atoms with Crippen LogP contribution in [0.2, 0.25) is 0 Å². The zero-order chi connectivity index (χ0) is 13.9. The van der Waals surface area contributed by atoms with Crippen LogP contribution in [0, 0.1) is 0 Å². The highest BCUT2D eigenvalue weighted by molar-refractivity contribution is 5.28. The minimum absolute atomic E-state index is 0.275. The molecule has 2 atom stereocenters. The van der Waals surface area contributed by atoms with Crippen LogP contribution in [0.3, 0.4) is 0 Å². The average Bonchev–Trinajstić information content (AvgIpc) is 3.09. The number of aromatic nitrogens is 2. The molecule has 0 saturated heterocycles. The lowest BCUT2D eigenvalue weighted by molar-refractivity contribution is 0.350. The largest absolute Gasteiger partial charge is 0.497 e. The number of nitrogens with zero attached hydrogens (tertiary/aromatic N) is 2. The molecule has 1 aromatic carbocycles. The summed E-state index contributed by atoms with van der Waals surface area (Å²) < 4.78 is 10.5. The van der Waals surface area contributed by atoms with Gasteiger partial charge in [0.1, 0.15) is 5.75 Å². The predicted molar refractivity (Wildman–Crippen MR) is 74.7 cm³/mol. The van der Waals surface area contributed by atoms with Crippen LogP contribution in [0.4, 0.5) is 0 Å². The standard InChI is InChI=1S/C15H19N3O2/c1-19-13-6-2-10(3-7-13)8-14-17-15(20-18-14)11-4-5-12(16)9-11/h2-3,6-7,11-12H,4-5,8-9,16H2,1H3. The summed E-state index contributed by atoms with van der Waals surface area (Å²) in [5.41, 5.74) is 7.06. The van der Waals surface area contributed by atoms with Gasteiger partial charge in [-0.2, -0.15) is 4.98 Å². The van der Waals surface area contributed by atoms with Crippen molar-refractivity contribution in [3.63, 3.8) is 0 Å². The molecule has 106 valence electrons. The van der Waals surface area contributed by atoms with Gasteiger partial charge in [0, 0.05) is 18.4 Å². The van der Waals surface area contributed by atoms with Gasteiger partial charge in [0.25, 0.3) is 0 Å². The van der Waals surface area contributed by atoms with Gasteiger partial charge >= 0.3 is 0 Å². The maximum absolute atomic E-state index is 5.92. The Labute approximate surface area is 118 Å². The Hall–Kier alpha value is -1.88. The predicted octanol–water partition coefficient (Wildman–Crippen LogP) is 2.26. The lowest BCUT2D eigenvalue weighted by atomic mass is 10.1. The van der Waals surface area contributed by atoms with Crippen LogP contribution < -0.4 is 10.5 Å². The summed E-state index contributed by atoms with van der Waals surface area (Å²) in [6, 6.07) is 8.18. The molecule has 0 aliphatic heterocycles. The number of hydrogen-bond acceptors (Lipinski definition) is 5. The maximum Gasteiger partial charge on any atom is 0.229 e. The van der Waals surface area contributed by atoms with E-state index >= 15 is 0 Å². The van der Waals surface area contributed by atoms with Crippen molar-refractivity contribution in [1.29, 1.82) is 0 Å². The summed E-state index contributed by atoms with van der Waals surface area (Å²) in [6.45, 7) is 0. The first kappa shape index (κ1) is 13.1. The summed E-state index contributed by atoms with van der Waals surface area (Å²) >= 11 is 0. The molecule has 1 aliphatic carbocycles.